The van der Waals surface area contributed by atoms with Gasteiger partial charge in [-0.15, -0.1) is 0 Å². The van der Waals surface area contributed by atoms with Crippen molar-refractivity contribution in [1.82, 2.24) is 4.90 Å². The predicted molar refractivity (Wildman–Crippen MR) is 60.4 cm³/mol. The molecule has 4 nitrogen and oxygen atoms in total. The molecule has 1 aliphatic heterocycles. The van der Waals surface area contributed by atoms with Gasteiger partial charge in [-0.3, -0.25) is 9.59 Å². The smallest absolute Gasteiger partial charge is 0.239 e. The first kappa shape index (κ1) is 14.1. The Balaban J connectivity index is 0.000000921. The largest absolute Gasteiger partial charge is 0.331 e. The molecule has 0 radical (unpaired) electrons. The SMILES string of the molecule is CC.CC(=O)C1CCCN1C(=O)C(C)N. The molecule has 15 heavy (non-hydrogen) atoms. The van der Waals surface area contributed by atoms with Crippen molar-refractivity contribution in [2.24, 2.45) is 5.73 Å². The molecule has 1 heterocycles. The van der Waals surface area contributed by atoms with Gasteiger partial charge in [0.2, 0.25) is 5.91 Å². The van der Waals surface area contributed by atoms with Gasteiger partial charge in [0.25, 0.3) is 0 Å². The number of nitrogens with two attached hydrogens (primary N) is 1. The van der Waals surface area contributed by atoms with Gasteiger partial charge in [0.15, 0.2) is 5.78 Å². The van der Waals surface area contributed by atoms with E-state index in [4.69, 9.17) is 5.73 Å². The van der Waals surface area contributed by atoms with Crippen LogP contribution >= 0.6 is 0 Å². The maximum atomic E-state index is 11.5. The quantitative estimate of drug-likeness (QED) is 0.744. The van der Waals surface area contributed by atoms with Crippen LogP contribution in [0.3, 0.4) is 0 Å². The molecular formula is C11H22N2O2. The summed E-state index contributed by atoms with van der Waals surface area (Å²) < 4.78 is 0. The molecule has 0 aromatic heterocycles. The summed E-state index contributed by atoms with van der Waals surface area (Å²) in [5.41, 5.74) is 5.48. The van der Waals surface area contributed by atoms with Gasteiger partial charge in [-0.05, 0) is 26.7 Å². The van der Waals surface area contributed by atoms with E-state index in [0.717, 1.165) is 12.8 Å². The van der Waals surface area contributed by atoms with Crippen LogP contribution in [0.1, 0.15) is 40.5 Å². The zero-order chi connectivity index (χ0) is 12.0. The highest BCUT2D eigenvalue weighted by atomic mass is 16.2. The molecule has 0 aromatic rings. The summed E-state index contributed by atoms with van der Waals surface area (Å²) >= 11 is 0. The van der Waals surface area contributed by atoms with E-state index < -0.39 is 6.04 Å². The molecule has 0 aromatic carbocycles. The molecule has 0 aliphatic carbocycles. The summed E-state index contributed by atoms with van der Waals surface area (Å²) in [6, 6.07) is -0.724. The van der Waals surface area contributed by atoms with Crippen LogP contribution in [0.25, 0.3) is 0 Å². The Bertz CT molecular complexity index is 227. The summed E-state index contributed by atoms with van der Waals surface area (Å²) in [7, 11) is 0. The minimum Gasteiger partial charge on any atom is -0.331 e. The first-order valence-electron chi connectivity index (χ1n) is 5.60. The standard InChI is InChI=1S/C9H16N2O2.C2H6/c1-6(10)9(13)11-5-3-4-8(11)7(2)12;1-2/h6,8H,3-5,10H2,1-2H3;1-2H3. The van der Waals surface area contributed by atoms with Gasteiger partial charge in [-0.25, -0.2) is 0 Å². The number of hydrogen-bond acceptors (Lipinski definition) is 3. The second-order valence-corrected chi connectivity index (χ2v) is 3.59. The number of likely N-dealkylation sites (tertiary alicyclic amines) is 1. The van der Waals surface area contributed by atoms with Gasteiger partial charge < -0.3 is 10.6 Å². The van der Waals surface area contributed by atoms with Crippen LogP contribution < -0.4 is 5.73 Å². The van der Waals surface area contributed by atoms with Crippen LogP contribution in [-0.2, 0) is 9.59 Å². The third-order valence-electron chi connectivity index (χ3n) is 2.39. The molecule has 2 atom stereocenters. The summed E-state index contributed by atoms with van der Waals surface area (Å²) in [6.45, 7) is 7.85. The predicted octanol–water partition coefficient (Wildman–Crippen LogP) is 0.940. The molecule has 2 N–H and O–H groups in total. The lowest BCUT2D eigenvalue weighted by atomic mass is 10.1. The highest BCUT2D eigenvalue weighted by Crippen LogP contribution is 2.18. The van der Waals surface area contributed by atoms with E-state index in [1.165, 1.54) is 6.92 Å². The van der Waals surface area contributed by atoms with Crippen molar-refractivity contribution in [2.45, 2.75) is 52.6 Å². The average Bonchev–Trinajstić information content (AvgIpc) is 2.68. The van der Waals surface area contributed by atoms with Gasteiger partial charge >= 0.3 is 0 Å². The van der Waals surface area contributed by atoms with Crippen molar-refractivity contribution >= 4 is 11.7 Å². The lowest BCUT2D eigenvalue weighted by Gasteiger charge is -2.24. The molecule has 0 bridgehead atoms. The molecular weight excluding hydrogens is 192 g/mol. The number of Topliss-reactive ketones (excluding diaryl/α,β-unsaturated/α-hetero) is 1. The molecule has 1 fully saturated rings. The minimum atomic E-state index is -0.500. The van der Waals surface area contributed by atoms with E-state index in [0.29, 0.717) is 6.54 Å². The van der Waals surface area contributed by atoms with Crippen LogP contribution in [0, 0.1) is 0 Å². The van der Waals surface area contributed by atoms with Crippen molar-refractivity contribution in [3.8, 4) is 0 Å². The van der Waals surface area contributed by atoms with E-state index in [9.17, 15) is 9.59 Å². The molecule has 1 amide bonds. The highest BCUT2D eigenvalue weighted by Gasteiger charge is 2.32. The molecule has 1 aliphatic rings. The lowest BCUT2D eigenvalue weighted by Crippen LogP contribution is -2.46. The van der Waals surface area contributed by atoms with Crippen molar-refractivity contribution in [2.75, 3.05) is 6.54 Å². The summed E-state index contributed by atoms with van der Waals surface area (Å²) in [4.78, 5) is 24.3. The first-order chi connectivity index (χ1) is 7.04. The normalized spacial score (nSPS) is 21.7. The van der Waals surface area contributed by atoms with E-state index in [2.05, 4.69) is 0 Å². The fourth-order valence-electron chi connectivity index (χ4n) is 1.71. The van der Waals surface area contributed by atoms with Crippen molar-refractivity contribution in [3.05, 3.63) is 0 Å². The van der Waals surface area contributed by atoms with E-state index in [-0.39, 0.29) is 17.7 Å². The lowest BCUT2D eigenvalue weighted by molar-refractivity contribution is -0.137. The number of ketones is 1. The first-order valence-corrected chi connectivity index (χ1v) is 5.60. The topological polar surface area (TPSA) is 63.4 Å². The number of carbonyl (C=O) groups is 2. The zero-order valence-electron chi connectivity index (χ0n) is 10.1. The Hall–Kier alpha value is -0.900. The maximum absolute atomic E-state index is 11.5. The fourth-order valence-corrected chi connectivity index (χ4v) is 1.71. The van der Waals surface area contributed by atoms with Crippen molar-refractivity contribution in [1.29, 1.82) is 0 Å². The van der Waals surface area contributed by atoms with Crippen LogP contribution in [0.5, 0.6) is 0 Å². The van der Waals surface area contributed by atoms with Gasteiger partial charge in [0.05, 0.1) is 12.1 Å². The average molecular weight is 214 g/mol. The van der Waals surface area contributed by atoms with Crippen LogP contribution in [-0.4, -0.2) is 35.2 Å². The molecule has 1 saturated heterocycles. The maximum Gasteiger partial charge on any atom is 0.239 e. The Labute approximate surface area is 91.8 Å². The van der Waals surface area contributed by atoms with E-state index in [1.54, 1.807) is 11.8 Å². The third-order valence-corrected chi connectivity index (χ3v) is 2.39. The van der Waals surface area contributed by atoms with Crippen molar-refractivity contribution < 1.29 is 9.59 Å². The Morgan fingerprint density at radius 3 is 2.33 bits per heavy atom. The Morgan fingerprint density at radius 1 is 1.40 bits per heavy atom. The van der Waals surface area contributed by atoms with Gasteiger partial charge in [-0.2, -0.15) is 0 Å². The second-order valence-electron chi connectivity index (χ2n) is 3.59. The van der Waals surface area contributed by atoms with E-state index >= 15 is 0 Å². The zero-order valence-corrected chi connectivity index (χ0v) is 10.1. The number of rotatable bonds is 2. The van der Waals surface area contributed by atoms with E-state index in [1.807, 2.05) is 13.8 Å². The number of amides is 1. The second kappa shape index (κ2) is 6.56. The number of carbonyl (C=O) groups excluding carboxylic acids is 2. The van der Waals surface area contributed by atoms with Crippen molar-refractivity contribution in [3.63, 3.8) is 0 Å². The molecule has 88 valence electrons. The van der Waals surface area contributed by atoms with Gasteiger partial charge in [0.1, 0.15) is 0 Å². The summed E-state index contributed by atoms with van der Waals surface area (Å²) in [5, 5.41) is 0. The number of hydrogen-bond donors (Lipinski definition) is 1. The number of nitrogens with zero attached hydrogens (tertiary/aromatic N) is 1. The molecule has 1 rings (SSSR count). The van der Waals surface area contributed by atoms with Gasteiger partial charge in [0, 0.05) is 6.54 Å². The highest BCUT2D eigenvalue weighted by molar-refractivity contribution is 5.89. The van der Waals surface area contributed by atoms with Crippen LogP contribution in [0.15, 0.2) is 0 Å². The van der Waals surface area contributed by atoms with Gasteiger partial charge in [-0.1, -0.05) is 13.8 Å². The van der Waals surface area contributed by atoms with Crippen LogP contribution in [0.4, 0.5) is 0 Å². The minimum absolute atomic E-state index is 0.0616. The monoisotopic (exact) mass is 214 g/mol. The summed E-state index contributed by atoms with van der Waals surface area (Å²) in [5.74, 6) is -0.0517. The molecule has 4 heteroatoms. The Kier molecular flexibility index (Phi) is 6.17. The Morgan fingerprint density at radius 2 is 1.93 bits per heavy atom. The fraction of sp³-hybridized carbons (Fsp3) is 0.818. The summed E-state index contributed by atoms with van der Waals surface area (Å²) in [6.07, 6.45) is 1.69. The molecule has 0 spiro atoms. The van der Waals surface area contributed by atoms with Crippen LogP contribution in [0.2, 0.25) is 0 Å². The molecule has 0 saturated carbocycles. The molecule has 2 unspecified atom stereocenters. The third kappa shape index (κ3) is 3.63.